The number of halogens is 5. The van der Waals surface area contributed by atoms with E-state index in [9.17, 15) is 17.6 Å². The van der Waals surface area contributed by atoms with Crippen molar-refractivity contribution < 1.29 is 17.6 Å². The summed E-state index contributed by atoms with van der Waals surface area (Å²) in [7, 11) is 0. The predicted molar refractivity (Wildman–Crippen MR) is 61.3 cm³/mol. The summed E-state index contributed by atoms with van der Waals surface area (Å²) in [4.78, 5) is 0. The van der Waals surface area contributed by atoms with Gasteiger partial charge in [0.05, 0.1) is 0 Å². The Bertz CT molecular complexity index is 358. The molecule has 0 aliphatic heterocycles. The first-order valence-corrected chi connectivity index (χ1v) is 5.87. The van der Waals surface area contributed by atoms with E-state index in [1.54, 1.807) is 6.92 Å². The van der Waals surface area contributed by atoms with Crippen LogP contribution in [0.15, 0.2) is 22.7 Å². The molecule has 0 fully saturated rings. The number of rotatable bonds is 4. The van der Waals surface area contributed by atoms with E-state index in [4.69, 9.17) is 0 Å². The van der Waals surface area contributed by atoms with Crippen molar-refractivity contribution in [3.05, 3.63) is 34.1 Å². The molecule has 0 aliphatic carbocycles. The van der Waals surface area contributed by atoms with Gasteiger partial charge in [-0.05, 0) is 36.7 Å². The highest BCUT2D eigenvalue weighted by atomic mass is 79.9. The molecule has 17 heavy (non-hydrogen) atoms. The van der Waals surface area contributed by atoms with Crippen LogP contribution in [0.4, 0.5) is 17.6 Å². The van der Waals surface area contributed by atoms with E-state index in [1.165, 1.54) is 12.1 Å². The number of benzene rings is 1. The summed E-state index contributed by atoms with van der Waals surface area (Å²) in [5.74, 6) is -0.549. The number of hydrogen-bond donors (Lipinski definition) is 1. The second-order valence-corrected chi connectivity index (χ2v) is 4.55. The molecule has 1 N–H and O–H groups in total. The van der Waals surface area contributed by atoms with E-state index < -0.39 is 18.0 Å². The lowest BCUT2D eigenvalue weighted by molar-refractivity contribution is -0.155. The molecule has 1 aromatic carbocycles. The summed E-state index contributed by atoms with van der Waals surface area (Å²) in [5, 5.41) is 2.35. The van der Waals surface area contributed by atoms with Crippen LogP contribution in [0.1, 0.15) is 12.5 Å². The third-order valence-corrected chi connectivity index (χ3v) is 2.67. The Balaban J connectivity index is 2.86. The Morgan fingerprint density at radius 3 is 2.41 bits per heavy atom. The molecule has 1 nitrogen and oxygen atoms in total. The minimum absolute atomic E-state index is 0.209. The molecule has 0 bridgehead atoms. The molecule has 96 valence electrons. The fourth-order valence-corrected chi connectivity index (χ4v) is 2.03. The lowest BCUT2D eigenvalue weighted by atomic mass is 10.1. The molecular weight excluding hydrogens is 302 g/mol. The maximum atomic E-state index is 13.0. The van der Waals surface area contributed by atoms with Crippen molar-refractivity contribution in [2.45, 2.75) is 25.6 Å². The quantitative estimate of drug-likeness (QED) is 0.836. The van der Waals surface area contributed by atoms with Crippen molar-refractivity contribution in [3.8, 4) is 0 Å². The second-order valence-electron chi connectivity index (χ2n) is 3.63. The van der Waals surface area contributed by atoms with Gasteiger partial charge in [-0.2, -0.15) is 13.2 Å². The lowest BCUT2D eigenvalue weighted by Crippen LogP contribution is -2.43. The third kappa shape index (κ3) is 4.63. The average molecular weight is 314 g/mol. The van der Waals surface area contributed by atoms with Gasteiger partial charge in [-0.3, -0.25) is 0 Å². The highest BCUT2D eigenvalue weighted by molar-refractivity contribution is 9.10. The number of alkyl halides is 3. The summed E-state index contributed by atoms with van der Waals surface area (Å²) < 4.78 is 51.3. The van der Waals surface area contributed by atoms with Crippen molar-refractivity contribution in [1.29, 1.82) is 0 Å². The summed E-state index contributed by atoms with van der Waals surface area (Å²) in [5.41, 5.74) is 0.306. The molecule has 0 radical (unpaired) electrons. The molecule has 0 amide bonds. The summed E-state index contributed by atoms with van der Waals surface area (Å²) >= 11 is 3.05. The molecule has 1 unspecified atom stereocenters. The van der Waals surface area contributed by atoms with Crippen LogP contribution >= 0.6 is 15.9 Å². The number of nitrogens with one attached hydrogen (secondary N) is 1. The van der Waals surface area contributed by atoms with Gasteiger partial charge in [0.25, 0.3) is 0 Å². The summed E-state index contributed by atoms with van der Waals surface area (Å²) in [6, 6.07) is 2.15. The molecular formula is C11H12BrF4N. The van der Waals surface area contributed by atoms with Crippen LogP contribution in [0, 0.1) is 5.82 Å². The van der Waals surface area contributed by atoms with Crippen molar-refractivity contribution in [3.63, 3.8) is 0 Å². The van der Waals surface area contributed by atoms with Crippen LogP contribution in [0.25, 0.3) is 0 Å². The van der Waals surface area contributed by atoms with Crippen molar-refractivity contribution >= 4 is 15.9 Å². The number of hydrogen-bond acceptors (Lipinski definition) is 1. The molecule has 6 heteroatoms. The molecule has 1 rings (SSSR count). The summed E-state index contributed by atoms with van der Waals surface area (Å²) in [6.07, 6.45) is -4.62. The van der Waals surface area contributed by atoms with Crippen LogP contribution in [-0.4, -0.2) is 18.8 Å². The smallest absolute Gasteiger partial charge is 0.306 e. The van der Waals surface area contributed by atoms with Gasteiger partial charge in [-0.25, -0.2) is 4.39 Å². The minimum atomic E-state index is -4.34. The molecule has 1 aromatic rings. The highest BCUT2D eigenvalue weighted by Crippen LogP contribution is 2.24. The fraction of sp³-hybridized carbons (Fsp3) is 0.455. The Morgan fingerprint density at radius 1 is 1.29 bits per heavy atom. The van der Waals surface area contributed by atoms with Crippen LogP contribution < -0.4 is 5.32 Å². The predicted octanol–water partition coefficient (Wildman–Crippen LogP) is 3.67. The Morgan fingerprint density at radius 2 is 1.94 bits per heavy atom. The third-order valence-electron chi connectivity index (χ3n) is 2.21. The van der Waals surface area contributed by atoms with E-state index in [0.29, 0.717) is 10.0 Å². The zero-order valence-electron chi connectivity index (χ0n) is 9.11. The first kappa shape index (κ1) is 14.4. The second kappa shape index (κ2) is 5.82. The highest BCUT2D eigenvalue weighted by Gasteiger charge is 2.38. The van der Waals surface area contributed by atoms with Crippen LogP contribution in [0.5, 0.6) is 0 Å². The van der Waals surface area contributed by atoms with Crippen LogP contribution in [0.3, 0.4) is 0 Å². The Labute approximate surface area is 105 Å². The van der Waals surface area contributed by atoms with Crippen LogP contribution in [-0.2, 0) is 6.42 Å². The Kier molecular flexibility index (Phi) is 4.94. The lowest BCUT2D eigenvalue weighted by Gasteiger charge is -2.21. The molecule has 0 aromatic heterocycles. The van der Waals surface area contributed by atoms with E-state index in [2.05, 4.69) is 21.2 Å². The molecule has 1 atom stereocenters. The van der Waals surface area contributed by atoms with E-state index in [1.807, 2.05) is 0 Å². The zero-order chi connectivity index (χ0) is 13.1. The SMILES string of the molecule is CCNC(Cc1cc(F)cc(Br)c1)C(F)(F)F. The van der Waals surface area contributed by atoms with E-state index >= 15 is 0 Å². The van der Waals surface area contributed by atoms with Gasteiger partial charge in [0.2, 0.25) is 0 Å². The topological polar surface area (TPSA) is 12.0 Å². The molecule has 0 spiro atoms. The number of likely N-dealkylation sites (N-methyl/N-ethyl adjacent to an activating group) is 1. The van der Waals surface area contributed by atoms with Crippen LogP contribution in [0.2, 0.25) is 0 Å². The van der Waals surface area contributed by atoms with Gasteiger partial charge < -0.3 is 5.32 Å². The maximum Gasteiger partial charge on any atom is 0.404 e. The fourth-order valence-electron chi connectivity index (χ4n) is 1.51. The van der Waals surface area contributed by atoms with Gasteiger partial charge in [0.1, 0.15) is 11.9 Å². The maximum absolute atomic E-state index is 13.0. The molecule has 0 heterocycles. The minimum Gasteiger partial charge on any atom is -0.306 e. The van der Waals surface area contributed by atoms with Gasteiger partial charge in [-0.1, -0.05) is 22.9 Å². The Hall–Kier alpha value is -0.620. The first-order valence-electron chi connectivity index (χ1n) is 5.08. The summed E-state index contributed by atoms with van der Waals surface area (Å²) in [6.45, 7) is 1.81. The molecule has 0 saturated heterocycles. The molecule has 0 aliphatic rings. The van der Waals surface area contributed by atoms with Gasteiger partial charge in [0.15, 0.2) is 0 Å². The first-order chi connectivity index (χ1) is 7.82. The zero-order valence-corrected chi connectivity index (χ0v) is 10.7. The average Bonchev–Trinajstić information content (AvgIpc) is 2.13. The van der Waals surface area contributed by atoms with Crippen molar-refractivity contribution in [1.82, 2.24) is 5.32 Å². The molecule has 0 saturated carbocycles. The monoisotopic (exact) mass is 313 g/mol. The van der Waals surface area contributed by atoms with E-state index in [-0.39, 0.29) is 13.0 Å². The van der Waals surface area contributed by atoms with Gasteiger partial charge in [0, 0.05) is 4.47 Å². The largest absolute Gasteiger partial charge is 0.404 e. The normalized spacial score (nSPS) is 13.8. The van der Waals surface area contributed by atoms with Crippen molar-refractivity contribution in [2.75, 3.05) is 6.54 Å². The van der Waals surface area contributed by atoms with Crippen molar-refractivity contribution in [2.24, 2.45) is 0 Å². The van der Waals surface area contributed by atoms with Gasteiger partial charge >= 0.3 is 6.18 Å². The van der Waals surface area contributed by atoms with Gasteiger partial charge in [-0.15, -0.1) is 0 Å². The van der Waals surface area contributed by atoms with E-state index in [0.717, 1.165) is 6.07 Å². The standard InChI is InChI=1S/C11H12BrF4N/c1-2-17-10(11(14,15)16)5-7-3-8(12)6-9(13)4-7/h3-4,6,10,17H,2,5H2,1H3.